The summed E-state index contributed by atoms with van der Waals surface area (Å²) in [7, 11) is -1.58. The first kappa shape index (κ1) is 23.4. The molecule has 1 saturated carbocycles. The molecule has 8 nitrogen and oxygen atoms in total. The molecule has 2 heterocycles. The molecule has 1 saturated heterocycles. The van der Waals surface area contributed by atoms with E-state index in [1.54, 1.807) is 13.1 Å². The molecule has 28 heavy (non-hydrogen) atoms. The van der Waals surface area contributed by atoms with E-state index >= 15 is 0 Å². The molecule has 10 heteroatoms. The molecule has 160 valence electrons. The van der Waals surface area contributed by atoms with Gasteiger partial charge in [-0.05, 0) is 18.3 Å². The molecule has 2 unspecified atom stereocenters. The minimum atomic E-state index is -3.37. The average molecular weight is 525 g/mol. The maximum absolute atomic E-state index is 12.5. The number of piperazine rings is 1. The molecule has 1 aliphatic carbocycles. The van der Waals surface area contributed by atoms with Gasteiger partial charge >= 0.3 is 0 Å². The lowest BCUT2D eigenvalue weighted by Gasteiger charge is -2.37. The first-order valence-electron chi connectivity index (χ1n) is 9.82. The molecule has 2 aliphatic rings. The van der Waals surface area contributed by atoms with Crippen LogP contribution < -0.4 is 5.32 Å². The first-order valence-corrected chi connectivity index (χ1v) is 11.4. The van der Waals surface area contributed by atoms with Gasteiger partial charge in [-0.2, -0.15) is 4.31 Å². The second kappa shape index (κ2) is 10.8. The van der Waals surface area contributed by atoms with Crippen molar-refractivity contribution in [3.63, 3.8) is 0 Å². The Kier molecular flexibility index (Phi) is 9.00. The van der Waals surface area contributed by atoms with Crippen LogP contribution in [0, 0.1) is 11.8 Å². The van der Waals surface area contributed by atoms with Gasteiger partial charge in [0.05, 0.1) is 5.69 Å². The zero-order chi connectivity index (χ0) is 19.3. The lowest BCUT2D eigenvalue weighted by atomic mass is 9.80. The standard InChI is InChI=1S/C18H31N5O3S.HI/c1-15-5-3-4-6-16(15)13-20-18(19-2)22-8-10-23(11-9-22)27(24,25)14-17-7-12-26-21-17;/h7,12,15-16H,3-6,8-11,13-14H2,1-2H3,(H,19,20);1H. The van der Waals surface area contributed by atoms with Gasteiger partial charge in [0.15, 0.2) is 5.96 Å². The zero-order valence-corrected chi connectivity index (χ0v) is 19.9. The van der Waals surface area contributed by atoms with Crippen molar-refractivity contribution in [1.82, 2.24) is 19.7 Å². The smallest absolute Gasteiger partial charge is 0.220 e. The molecule has 1 N–H and O–H groups in total. The Morgan fingerprint density at radius 3 is 2.61 bits per heavy atom. The fraction of sp³-hybridized carbons (Fsp3) is 0.778. The van der Waals surface area contributed by atoms with E-state index in [-0.39, 0.29) is 29.7 Å². The van der Waals surface area contributed by atoms with Crippen molar-refractivity contribution in [1.29, 1.82) is 0 Å². The summed E-state index contributed by atoms with van der Waals surface area (Å²) < 4.78 is 31.4. The summed E-state index contributed by atoms with van der Waals surface area (Å²) in [4.78, 5) is 6.56. The number of sulfonamides is 1. The van der Waals surface area contributed by atoms with Gasteiger partial charge in [-0.25, -0.2) is 8.42 Å². The fourth-order valence-corrected chi connectivity index (χ4v) is 5.44. The summed E-state index contributed by atoms with van der Waals surface area (Å²) in [6.45, 7) is 5.47. The van der Waals surface area contributed by atoms with Gasteiger partial charge in [0.25, 0.3) is 0 Å². The second-order valence-electron chi connectivity index (χ2n) is 7.58. The largest absolute Gasteiger partial charge is 0.364 e. The second-order valence-corrected chi connectivity index (χ2v) is 9.55. The van der Waals surface area contributed by atoms with Gasteiger partial charge < -0.3 is 14.7 Å². The van der Waals surface area contributed by atoms with Crippen molar-refractivity contribution in [3.05, 3.63) is 18.0 Å². The summed E-state index contributed by atoms with van der Waals surface area (Å²) in [5.41, 5.74) is 0.441. The normalized spacial score (nSPS) is 24.6. The van der Waals surface area contributed by atoms with E-state index in [1.807, 2.05) is 0 Å². The molecule has 1 aliphatic heterocycles. The molecule has 0 radical (unpaired) electrons. The molecule has 2 atom stereocenters. The summed E-state index contributed by atoms with van der Waals surface area (Å²) in [6.07, 6.45) is 6.65. The van der Waals surface area contributed by atoms with Crippen LogP contribution >= 0.6 is 24.0 Å². The van der Waals surface area contributed by atoms with Crippen LogP contribution in [0.3, 0.4) is 0 Å². The molecule has 0 bridgehead atoms. The molecule has 1 aromatic heterocycles. The number of nitrogens with zero attached hydrogens (tertiary/aromatic N) is 4. The first-order chi connectivity index (χ1) is 13.0. The van der Waals surface area contributed by atoms with Gasteiger partial charge in [-0.15, -0.1) is 24.0 Å². The number of aromatic nitrogens is 1. The highest BCUT2D eigenvalue weighted by Gasteiger charge is 2.29. The predicted octanol–water partition coefficient (Wildman–Crippen LogP) is 2.14. The fourth-order valence-electron chi connectivity index (χ4n) is 4.02. The quantitative estimate of drug-likeness (QED) is 0.360. The molecule has 0 spiro atoms. The predicted molar refractivity (Wildman–Crippen MR) is 120 cm³/mol. The van der Waals surface area contributed by atoms with E-state index in [0.717, 1.165) is 18.4 Å². The molecule has 0 amide bonds. The minimum Gasteiger partial charge on any atom is -0.364 e. The third-order valence-electron chi connectivity index (χ3n) is 5.78. The number of nitrogens with one attached hydrogen (secondary N) is 1. The van der Waals surface area contributed by atoms with Crippen LogP contribution in [0.1, 0.15) is 38.3 Å². The summed E-state index contributed by atoms with van der Waals surface area (Å²) in [6, 6.07) is 1.59. The molecular weight excluding hydrogens is 493 g/mol. The molecule has 2 fully saturated rings. The van der Waals surface area contributed by atoms with E-state index in [9.17, 15) is 8.42 Å². The third-order valence-corrected chi connectivity index (χ3v) is 7.59. The highest BCUT2D eigenvalue weighted by molar-refractivity contribution is 14.0. The Morgan fingerprint density at radius 1 is 1.29 bits per heavy atom. The van der Waals surface area contributed by atoms with Crippen LogP contribution in [-0.4, -0.2) is 68.5 Å². The molecule has 0 aromatic carbocycles. The zero-order valence-electron chi connectivity index (χ0n) is 16.7. The van der Waals surface area contributed by atoms with Gasteiger partial charge in [0, 0.05) is 45.8 Å². The summed E-state index contributed by atoms with van der Waals surface area (Å²) in [5, 5.41) is 7.22. The molecule has 1 aromatic rings. The van der Waals surface area contributed by atoms with Crippen molar-refractivity contribution in [3.8, 4) is 0 Å². The number of halogens is 1. The lowest BCUT2D eigenvalue weighted by Crippen LogP contribution is -2.54. The van der Waals surface area contributed by atoms with Crippen molar-refractivity contribution < 1.29 is 12.9 Å². The number of rotatable bonds is 5. The van der Waals surface area contributed by atoms with E-state index in [4.69, 9.17) is 4.52 Å². The Labute approximate surface area is 185 Å². The van der Waals surface area contributed by atoms with Gasteiger partial charge in [-0.3, -0.25) is 4.99 Å². The van der Waals surface area contributed by atoms with Gasteiger partial charge in [0.1, 0.15) is 12.0 Å². The van der Waals surface area contributed by atoms with Crippen LogP contribution in [0.2, 0.25) is 0 Å². The Morgan fingerprint density at radius 2 is 2.00 bits per heavy atom. The Hall–Kier alpha value is -0.880. The van der Waals surface area contributed by atoms with E-state index < -0.39 is 10.0 Å². The van der Waals surface area contributed by atoms with E-state index in [0.29, 0.717) is 37.8 Å². The average Bonchev–Trinajstić information content (AvgIpc) is 3.16. The number of hydrogen-bond acceptors (Lipinski definition) is 5. The van der Waals surface area contributed by atoms with E-state index in [2.05, 4.69) is 27.3 Å². The lowest BCUT2D eigenvalue weighted by molar-refractivity contribution is 0.241. The highest BCUT2D eigenvalue weighted by Crippen LogP contribution is 2.28. The number of hydrogen-bond donors (Lipinski definition) is 1. The maximum Gasteiger partial charge on any atom is 0.220 e. The van der Waals surface area contributed by atoms with Crippen molar-refractivity contribution in [2.75, 3.05) is 39.8 Å². The van der Waals surface area contributed by atoms with Crippen LogP contribution in [0.15, 0.2) is 21.8 Å². The van der Waals surface area contributed by atoms with Crippen molar-refractivity contribution >= 4 is 40.0 Å². The Bertz CT molecular complexity index is 718. The number of guanidine groups is 1. The molecular formula is C18H32IN5O3S. The van der Waals surface area contributed by atoms with Crippen LogP contribution in [0.4, 0.5) is 0 Å². The van der Waals surface area contributed by atoms with Crippen LogP contribution in [0.25, 0.3) is 0 Å². The highest BCUT2D eigenvalue weighted by atomic mass is 127. The van der Waals surface area contributed by atoms with Crippen LogP contribution in [0.5, 0.6) is 0 Å². The topological polar surface area (TPSA) is 91.0 Å². The molecule has 3 rings (SSSR count). The van der Waals surface area contributed by atoms with Crippen LogP contribution in [-0.2, 0) is 15.8 Å². The number of aliphatic imine (C=N–C) groups is 1. The van der Waals surface area contributed by atoms with Crippen molar-refractivity contribution in [2.45, 2.75) is 38.4 Å². The SMILES string of the molecule is CN=C(NCC1CCCCC1C)N1CCN(S(=O)(=O)Cc2ccon2)CC1.I. The third kappa shape index (κ3) is 6.06. The summed E-state index contributed by atoms with van der Waals surface area (Å²) in [5.74, 6) is 2.21. The van der Waals surface area contributed by atoms with Gasteiger partial charge in [0.2, 0.25) is 10.0 Å². The Balaban J connectivity index is 0.00000280. The maximum atomic E-state index is 12.5. The monoisotopic (exact) mass is 525 g/mol. The van der Waals surface area contributed by atoms with Gasteiger partial charge in [-0.1, -0.05) is 31.3 Å². The minimum absolute atomic E-state index is 0. The summed E-state index contributed by atoms with van der Waals surface area (Å²) >= 11 is 0. The van der Waals surface area contributed by atoms with E-state index in [1.165, 1.54) is 36.3 Å². The van der Waals surface area contributed by atoms with Crippen molar-refractivity contribution in [2.24, 2.45) is 16.8 Å².